The van der Waals surface area contributed by atoms with E-state index < -0.39 is 0 Å². The molecule has 0 saturated heterocycles. The maximum Gasteiger partial charge on any atom is 0.135 e. The van der Waals surface area contributed by atoms with Crippen molar-refractivity contribution in [3.63, 3.8) is 0 Å². The van der Waals surface area contributed by atoms with Crippen LogP contribution in [0.4, 0.5) is 0 Å². The van der Waals surface area contributed by atoms with Crippen LogP contribution in [-0.4, -0.2) is 0 Å². The summed E-state index contributed by atoms with van der Waals surface area (Å²) in [7, 11) is 0. The molecule has 0 aliphatic heterocycles. The first-order valence-corrected chi connectivity index (χ1v) is 47.9. The van der Waals surface area contributed by atoms with Crippen LogP contribution in [0.5, 0.6) is 0 Å². The lowest BCUT2D eigenvalue weighted by molar-refractivity contribution is 0.660. The molecule has 0 fully saturated rings. The molecule has 6 heterocycles. The highest BCUT2D eigenvalue weighted by molar-refractivity contribution is 7.26. The third-order valence-electron chi connectivity index (χ3n) is 26.1. The van der Waals surface area contributed by atoms with E-state index in [0.717, 1.165) is 33.5 Å². The van der Waals surface area contributed by atoms with Gasteiger partial charge in [-0.05, 0) is 151 Å². The second-order valence-corrected chi connectivity index (χ2v) is 37.8. The van der Waals surface area contributed by atoms with Gasteiger partial charge in [-0.15, -0.1) is 34.0 Å². The van der Waals surface area contributed by atoms with Crippen molar-refractivity contribution in [3.8, 4) is 33.4 Å². The predicted molar refractivity (Wildman–Crippen MR) is 571 cm³/mol. The molecule has 0 spiro atoms. The van der Waals surface area contributed by atoms with Gasteiger partial charge in [0.2, 0.25) is 0 Å². The molecule has 638 valence electrons. The van der Waals surface area contributed by atoms with Crippen LogP contribution in [0.3, 0.4) is 0 Å². The molecule has 29 rings (SSSR count). The molecular weight excluding hydrogens is 1670 g/mol. The van der Waals surface area contributed by atoms with E-state index in [1.165, 1.54) is 171 Å². The fourth-order valence-corrected chi connectivity index (χ4v) is 23.1. The summed E-state index contributed by atoms with van der Waals surface area (Å²) in [6, 6.07) is 174. The van der Waals surface area contributed by atoms with Crippen molar-refractivity contribution in [2.45, 2.75) is 43.9 Å². The molecule has 0 unspecified atom stereocenters. The Morgan fingerprint density at radius 1 is 0.143 bits per heavy atom. The topological polar surface area (TPSA) is 39.4 Å². The Labute approximate surface area is 786 Å². The van der Waals surface area contributed by atoms with Gasteiger partial charge in [0.1, 0.15) is 33.5 Å². The maximum absolute atomic E-state index is 5.65. The zero-order valence-electron chi connectivity index (χ0n) is 74.3. The van der Waals surface area contributed by atoms with Gasteiger partial charge in [-0.2, -0.15) is 0 Å². The number of benzene rings is 20. The summed E-state index contributed by atoms with van der Waals surface area (Å²) in [5.74, 6) is 0. The smallest absolute Gasteiger partial charge is 0.135 e. The lowest BCUT2D eigenvalue weighted by Crippen LogP contribution is -2.28. The zero-order chi connectivity index (χ0) is 89.7. The van der Waals surface area contributed by atoms with Crippen molar-refractivity contribution < 1.29 is 13.3 Å². The van der Waals surface area contributed by atoms with Crippen molar-refractivity contribution in [2.75, 3.05) is 0 Å². The van der Waals surface area contributed by atoms with E-state index in [9.17, 15) is 0 Å². The van der Waals surface area contributed by atoms with Crippen LogP contribution < -0.4 is 0 Å². The van der Waals surface area contributed by atoms with Crippen LogP contribution in [0.25, 0.3) is 160 Å². The Balaban J connectivity index is 0.0000000909. The average molecular weight is 1760 g/mol. The van der Waals surface area contributed by atoms with Gasteiger partial charge in [0.15, 0.2) is 0 Å². The fourth-order valence-electron chi connectivity index (χ4n) is 19.8. The van der Waals surface area contributed by atoms with Gasteiger partial charge in [0.05, 0.1) is 5.41 Å². The van der Waals surface area contributed by atoms with E-state index in [-0.39, 0.29) is 16.2 Å². The number of para-hydroxylation sites is 6. The monoisotopic (exact) mass is 1760 g/mol. The van der Waals surface area contributed by atoms with Crippen LogP contribution in [0, 0.1) is 0 Å². The van der Waals surface area contributed by atoms with Gasteiger partial charge in [0, 0.05) is 104 Å². The van der Waals surface area contributed by atoms with Crippen LogP contribution in [0.1, 0.15) is 72.2 Å². The zero-order valence-corrected chi connectivity index (χ0v) is 76.7. The summed E-state index contributed by atoms with van der Waals surface area (Å²) < 4.78 is 25.2. The SMILES string of the molecule is CC1(C)c2ccccc2-c2ccccc21.CC1(C)c2ccccc2-c2ccccc21.c1ccc(C2(c3ccccc3)c3ccccc3-c3ccccc32)cc1.c1ccc2c(c1)oc1ccccc12.c1ccc2c(c1)oc1ccccc12.c1ccc2c(c1)oc1ccccc12.c1ccc2c(c1)sc1ccccc12.c1ccc2c(c1)sc1ccccc12.c1ccc2c(c1)sc1ccccc12. The summed E-state index contributed by atoms with van der Waals surface area (Å²) >= 11 is 5.58. The predicted octanol–water partition coefficient (Wildman–Crippen LogP) is 37.0. The molecule has 6 heteroatoms. The Hall–Kier alpha value is -15.5. The van der Waals surface area contributed by atoms with Gasteiger partial charge in [-0.1, -0.05) is 452 Å². The van der Waals surface area contributed by atoms with E-state index in [1.807, 2.05) is 143 Å². The summed E-state index contributed by atoms with van der Waals surface area (Å²) in [4.78, 5) is 0. The van der Waals surface area contributed by atoms with Crippen LogP contribution in [-0.2, 0) is 16.2 Å². The number of fused-ring (bicyclic) bond motifs is 27. The molecular formula is C127H94O3S3. The standard InChI is InChI=1S/C25H18.2C15H14.3C12H8O.3C12H8S/c1-3-11-19(12-4-1)25(20-13-5-2-6-14-20)23-17-9-7-15-21(23)22-16-8-10-18-24(22)25;2*1-15(2)13-9-5-3-7-11(13)12-8-4-6-10-14(12)15;6*1-3-7-11-9(5-1)10-6-2-4-8-12(10)13-11/h1-18H;2*3-10H,1-2H3;6*1-8H. The van der Waals surface area contributed by atoms with Gasteiger partial charge >= 0.3 is 0 Å². The summed E-state index contributed by atoms with van der Waals surface area (Å²) in [5, 5.41) is 15.4. The minimum atomic E-state index is -0.254. The van der Waals surface area contributed by atoms with Crippen molar-refractivity contribution in [1.82, 2.24) is 0 Å². The lowest BCUT2D eigenvalue weighted by atomic mass is 9.68. The first-order valence-electron chi connectivity index (χ1n) is 45.4. The average Bonchev–Trinajstić information content (AvgIpc) is 1.54. The Morgan fingerprint density at radius 2 is 0.293 bits per heavy atom. The number of hydrogen-bond donors (Lipinski definition) is 0. The number of hydrogen-bond acceptors (Lipinski definition) is 6. The van der Waals surface area contributed by atoms with Crippen molar-refractivity contribution >= 4 is 160 Å². The van der Waals surface area contributed by atoms with Crippen LogP contribution >= 0.6 is 34.0 Å². The molecule has 3 nitrogen and oxygen atoms in total. The first kappa shape index (κ1) is 84.3. The quantitative estimate of drug-likeness (QED) is 0.173. The molecule has 0 radical (unpaired) electrons. The van der Waals surface area contributed by atoms with E-state index in [0.29, 0.717) is 0 Å². The first-order chi connectivity index (χ1) is 65.5. The number of rotatable bonds is 2. The van der Waals surface area contributed by atoms with Crippen LogP contribution in [0.2, 0.25) is 0 Å². The molecule has 6 aromatic heterocycles. The summed E-state index contributed by atoms with van der Waals surface area (Å²) in [5.41, 5.74) is 25.3. The minimum Gasteiger partial charge on any atom is -0.456 e. The van der Waals surface area contributed by atoms with E-state index >= 15 is 0 Å². The lowest BCUT2D eigenvalue weighted by Gasteiger charge is -2.33. The third kappa shape index (κ3) is 16.2. The molecule has 0 saturated carbocycles. The Kier molecular flexibility index (Phi) is 23.5. The summed E-state index contributed by atoms with van der Waals surface area (Å²) in [6.07, 6.45) is 0. The van der Waals surface area contributed by atoms with Gasteiger partial charge in [-0.3, -0.25) is 0 Å². The molecule has 3 aliphatic rings. The van der Waals surface area contributed by atoms with E-state index in [4.69, 9.17) is 13.3 Å². The second-order valence-electron chi connectivity index (χ2n) is 34.6. The molecule has 3 aliphatic carbocycles. The van der Waals surface area contributed by atoms with Gasteiger partial charge in [0.25, 0.3) is 0 Å². The second kappa shape index (κ2) is 37.1. The highest BCUT2D eigenvalue weighted by atomic mass is 32.1. The van der Waals surface area contributed by atoms with Crippen molar-refractivity contribution in [3.05, 3.63) is 542 Å². The van der Waals surface area contributed by atoms with E-state index in [2.05, 4.69) is 416 Å². The normalized spacial score (nSPS) is 12.7. The maximum atomic E-state index is 5.65. The molecule has 0 atom stereocenters. The van der Waals surface area contributed by atoms with Crippen molar-refractivity contribution in [1.29, 1.82) is 0 Å². The Bertz CT molecular complexity index is 7220. The fraction of sp³-hybridized carbons (Fsp3) is 0.0551. The highest BCUT2D eigenvalue weighted by Gasteiger charge is 2.46. The molecule has 0 N–H and O–H groups in total. The third-order valence-corrected chi connectivity index (χ3v) is 29.5. The highest BCUT2D eigenvalue weighted by Crippen LogP contribution is 2.57. The Morgan fingerprint density at radius 3 is 0.504 bits per heavy atom. The minimum absolute atomic E-state index is 0.160. The van der Waals surface area contributed by atoms with Gasteiger partial charge < -0.3 is 13.3 Å². The number of furan rings is 3. The largest absolute Gasteiger partial charge is 0.456 e. The van der Waals surface area contributed by atoms with Crippen molar-refractivity contribution in [2.24, 2.45) is 0 Å². The molecule has 0 bridgehead atoms. The molecule has 133 heavy (non-hydrogen) atoms. The molecule has 0 amide bonds. The number of thiophene rings is 3. The van der Waals surface area contributed by atoms with E-state index in [1.54, 1.807) is 0 Å². The van der Waals surface area contributed by atoms with Crippen LogP contribution in [0.15, 0.2) is 511 Å². The molecule has 20 aromatic carbocycles. The van der Waals surface area contributed by atoms with Gasteiger partial charge in [-0.25, -0.2) is 0 Å². The molecule has 26 aromatic rings. The summed E-state index contributed by atoms with van der Waals surface area (Å²) in [6.45, 7) is 9.21.